The lowest BCUT2D eigenvalue weighted by molar-refractivity contribution is -0.893. The van der Waals surface area contributed by atoms with Crippen LogP contribution in [0.15, 0.2) is 16.8 Å². The van der Waals surface area contributed by atoms with Crippen LogP contribution in [0.1, 0.15) is 91.9 Å². The number of carbonyl (C=O) groups is 2. The first-order valence-electron chi connectivity index (χ1n) is 13.7. The Morgan fingerprint density at radius 1 is 1.00 bits per heavy atom. The van der Waals surface area contributed by atoms with E-state index in [9.17, 15) is 9.59 Å². The predicted molar refractivity (Wildman–Crippen MR) is 134 cm³/mol. The Balaban J connectivity index is 1.35. The zero-order valence-corrected chi connectivity index (χ0v) is 22.3. The van der Waals surface area contributed by atoms with Crippen molar-refractivity contribution in [2.24, 2.45) is 39.2 Å². The third kappa shape index (κ3) is 3.47. The summed E-state index contributed by atoms with van der Waals surface area (Å²) in [6.45, 7) is 10.6. The fourth-order valence-corrected chi connectivity index (χ4v) is 9.75. The van der Waals surface area contributed by atoms with Crippen LogP contribution in [-0.2, 0) is 14.4 Å². The van der Waals surface area contributed by atoms with Crippen molar-refractivity contribution < 1.29 is 18.9 Å². The molecule has 7 atom stereocenters. The number of fused-ring (bicyclic) bond motifs is 5. The van der Waals surface area contributed by atoms with Gasteiger partial charge in [0.2, 0.25) is 0 Å². The maximum Gasteiger partial charge on any atom is 0.391 e. The summed E-state index contributed by atoms with van der Waals surface area (Å²) in [6.07, 6.45) is 12.8. The van der Waals surface area contributed by atoms with Crippen LogP contribution in [-0.4, -0.2) is 48.6 Å². The van der Waals surface area contributed by atoms with E-state index >= 15 is 0 Å². The fourth-order valence-electron chi connectivity index (χ4n) is 9.75. The molecule has 0 unspecified atom stereocenters. The Hall–Kier alpha value is -1.49. The summed E-state index contributed by atoms with van der Waals surface area (Å²) >= 11 is 0. The smallest absolute Gasteiger partial charge is 0.317 e. The second kappa shape index (κ2) is 8.01. The molecule has 1 aliphatic heterocycles. The van der Waals surface area contributed by atoms with Crippen LogP contribution in [0, 0.1) is 34.0 Å². The van der Waals surface area contributed by atoms with E-state index in [1.165, 1.54) is 31.3 Å². The van der Waals surface area contributed by atoms with Crippen LogP contribution >= 0.6 is 0 Å². The summed E-state index contributed by atoms with van der Waals surface area (Å²) in [6, 6.07) is -0.0922. The molecule has 5 aliphatic rings. The molecule has 0 aromatic rings. The minimum absolute atomic E-state index is 0.0922. The van der Waals surface area contributed by atoms with Gasteiger partial charge in [0.25, 0.3) is 0 Å². The van der Waals surface area contributed by atoms with E-state index in [0.29, 0.717) is 39.9 Å². The Morgan fingerprint density at radius 3 is 2.47 bits per heavy atom. The van der Waals surface area contributed by atoms with Crippen molar-refractivity contribution in [1.29, 1.82) is 0 Å². The minimum atomic E-state index is -0.163. The summed E-state index contributed by atoms with van der Waals surface area (Å²) < 4.78 is 0.706. The van der Waals surface area contributed by atoms with Gasteiger partial charge in [0.15, 0.2) is 11.8 Å². The monoisotopic (exact) mass is 469 g/mol. The first-order chi connectivity index (χ1) is 15.9. The largest absolute Gasteiger partial charge is 0.391 e. The van der Waals surface area contributed by atoms with Crippen LogP contribution in [0.3, 0.4) is 0 Å². The quantitative estimate of drug-likeness (QED) is 0.231. The molecule has 5 rings (SSSR count). The van der Waals surface area contributed by atoms with Gasteiger partial charge in [0.05, 0.1) is 26.4 Å². The van der Waals surface area contributed by atoms with E-state index < -0.39 is 0 Å². The molecule has 34 heavy (non-hydrogen) atoms. The number of hydrogen-bond donors (Lipinski definition) is 0. The van der Waals surface area contributed by atoms with Crippen molar-refractivity contribution in [1.82, 2.24) is 0 Å². The Morgan fingerprint density at radius 2 is 1.76 bits per heavy atom. The average molecular weight is 470 g/mol. The van der Waals surface area contributed by atoms with Gasteiger partial charge in [-0.25, -0.2) is 4.79 Å². The molecule has 5 nitrogen and oxygen atoms in total. The summed E-state index contributed by atoms with van der Waals surface area (Å²) in [7, 11) is 4.23. The summed E-state index contributed by atoms with van der Waals surface area (Å²) in [5.74, 6) is 1.86. The number of oxime groups is 1. The van der Waals surface area contributed by atoms with Gasteiger partial charge in [-0.15, -0.1) is 0 Å². The molecule has 0 bridgehead atoms. The Bertz CT molecular complexity index is 951. The standard InChI is InChI=1S/C29H45N2O3/c1-19(30-34-26(33)23-8-7-17-31(23,5)6)22-9-10-24-28(22,3)16-13-25-27(2)15-12-21(32)18-20(27)11-14-29(24,25)4/h18,22-25H,7-17H2,1-6H3/q+1/b30-19+/t22-,23+,24-,25-,27+,28-,29+/m1/s1. The van der Waals surface area contributed by atoms with Crippen molar-refractivity contribution in [3.05, 3.63) is 11.6 Å². The minimum Gasteiger partial charge on any atom is -0.317 e. The maximum absolute atomic E-state index is 12.8. The van der Waals surface area contributed by atoms with Gasteiger partial charge in [-0.2, -0.15) is 0 Å². The maximum atomic E-state index is 12.8. The molecular weight excluding hydrogens is 424 g/mol. The molecular formula is C29H45N2O3+. The van der Waals surface area contributed by atoms with Gasteiger partial charge in [0.1, 0.15) is 0 Å². The second-order valence-electron chi connectivity index (χ2n) is 13.6. The summed E-state index contributed by atoms with van der Waals surface area (Å²) in [4.78, 5) is 30.5. The Kier molecular flexibility index (Phi) is 5.71. The van der Waals surface area contributed by atoms with Crippen LogP contribution < -0.4 is 0 Å². The third-order valence-electron chi connectivity index (χ3n) is 11.7. The van der Waals surface area contributed by atoms with E-state index in [4.69, 9.17) is 4.84 Å². The highest BCUT2D eigenvalue weighted by Crippen LogP contribution is 2.71. The van der Waals surface area contributed by atoms with E-state index in [2.05, 4.69) is 46.9 Å². The van der Waals surface area contributed by atoms with Crippen molar-refractivity contribution in [2.45, 2.75) is 97.9 Å². The molecule has 4 fully saturated rings. The Labute approximate surface area is 205 Å². The molecule has 1 saturated heterocycles. The van der Waals surface area contributed by atoms with Crippen LogP contribution in [0.5, 0.6) is 0 Å². The normalized spacial score (nSPS) is 45.8. The summed E-state index contributed by atoms with van der Waals surface area (Å²) in [5.41, 5.74) is 3.13. The number of rotatable bonds is 3. The molecule has 0 radical (unpaired) electrons. The predicted octanol–water partition coefficient (Wildman–Crippen LogP) is 5.68. The number of ketones is 1. The zero-order valence-electron chi connectivity index (χ0n) is 22.3. The van der Waals surface area contributed by atoms with E-state index in [-0.39, 0.29) is 22.8 Å². The highest BCUT2D eigenvalue weighted by molar-refractivity contribution is 5.91. The fraction of sp³-hybridized carbons (Fsp3) is 0.828. The van der Waals surface area contributed by atoms with E-state index in [1.54, 1.807) is 0 Å². The van der Waals surface area contributed by atoms with Gasteiger partial charge >= 0.3 is 5.97 Å². The topological polar surface area (TPSA) is 55.7 Å². The number of likely N-dealkylation sites (N-methyl/N-ethyl adjacent to an activating group) is 1. The van der Waals surface area contributed by atoms with Crippen molar-refractivity contribution in [3.8, 4) is 0 Å². The van der Waals surface area contributed by atoms with E-state index in [0.717, 1.165) is 44.4 Å². The molecule has 0 spiro atoms. The van der Waals surface area contributed by atoms with Gasteiger partial charge in [-0.1, -0.05) is 31.5 Å². The molecule has 0 aromatic carbocycles. The molecule has 1 heterocycles. The SMILES string of the molecule is C/C(=N\OC(=O)[C@@H]1CCC[N+]1(C)C)[C@H]1CC[C@@H]2[C@]1(C)CC[C@H]1[C@@]2(C)CCC2=CC(=O)CC[C@@]21C. The number of likely N-dealkylation sites (tertiary alicyclic amines) is 1. The van der Waals surface area contributed by atoms with Crippen LogP contribution in [0.2, 0.25) is 0 Å². The highest BCUT2D eigenvalue weighted by atomic mass is 16.7. The molecule has 0 amide bonds. The highest BCUT2D eigenvalue weighted by Gasteiger charge is 2.64. The number of quaternary nitrogens is 1. The molecule has 3 saturated carbocycles. The van der Waals surface area contributed by atoms with Gasteiger partial charge in [0, 0.05) is 25.2 Å². The number of nitrogens with zero attached hydrogens (tertiary/aromatic N) is 2. The molecule has 4 aliphatic carbocycles. The van der Waals surface area contributed by atoms with Gasteiger partial charge in [-0.05, 0) is 86.0 Å². The van der Waals surface area contributed by atoms with E-state index in [1.807, 2.05) is 6.08 Å². The van der Waals surface area contributed by atoms with Crippen LogP contribution in [0.4, 0.5) is 0 Å². The van der Waals surface area contributed by atoms with Crippen LogP contribution in [0.25, 0.3) is 0 Å². The first-order valence-corrected chi connectivity index (χ1v) is 13.7. The number of carbonyl (C=O) groups excluding carboxylic acids is 2. The molecule has 188 valence electrons. The lowest BCUT2D eigenvalue weighted by atomic mass is 9.41. The molecule has 0 N–H and O–H groups in total. The average Bonchev–Trinajstić information content (AvgIpc) is 3.31. The lowest BCUT2D eigenvalue weighted by Gasteiger charge is -2.63. The first kappa shape index (κ1) is 24.2. The van der Waals surface area contributed by atoms with Crippen molar-refractivity contribution in [3.63, 3.8) is 0 Å². The lowest BCUT2D eigenvalue weighted by Crippen LogP contribution is -2.56. The number of hydrogen-bond acceptors (Lipinski definition) is 4. The molecule has 0 aromatic heterocycles. The number of allylic oxidation sites excluding steroid dienone is 1. The van der Waals surface area contributed by atoms with Crippen molar-refractivity contribution in [2.75, 3.05) is 20.6 Å². The van der Waals surface area contributed by atoms with Crippen molar-refractivity contribution >= 4 is 17.5 Å². The zero-order chi connectivity index (χ0) is 24.5. The third-order valence-corrected chi connectivity index (χ3v) is 11.7. The van der Waals surface area contributed by atoms with Gasteiger partial charge < -0.3 is 9.32 Å². The molecule has 5 heteroatoms. The second-order valence-corrected chi connectivity index (χ2v) is 13.6. The van der Waals surface area contributed by atoms with Gasteiger partial charge in [-0.3, -0.25) is 4.79 Å². The summed E-state index contributed by atoms with van der Waals surface area (Å²) in [5, 5.41) is 4.48.